The monoisotopic (exact) mass is 252 g/mol. The van der Waals surface area contributed by atoms with E-state index >= 15 is 0 Å². The maximum Gasteiger partial charge on any atom is 0.127 e. The Labute approximate surface area is 104 Å². The van der Waals surface area contributed by atoms with Crippen molar-refractivity contribution < 1.29 is 4.39 Å². The third-order valence-electron chi connectivity index (χ3n) is 3.23. The highest BCUT2D eigenvalue weighted by molar-refractivity contribution is 6.20. The van der Waals surface area contributed by atoms with Gasteiger partial charge < -0.3 is 4.57 Å². The van der Waals surface area contributed by atoms with Gasteiger partial charge in [0.2, 0.25) is 0 Å². The lowest BCUT2D eigenvalue weighted by Crippen LogP contribution is -2.06. The summed E-state index contributed by atoms with van der Waals surface area (Å²) in [5.41, 5.74) is 1.69. The highest BCUT2D eigenvalue weighted by Gasteiger charge is 2.25. The van der Waals surface area contributed by atoms with Crippen LogP contribution in [-0.2, 0) is 6.54 Å². The molecule has 1 aliphatic rings. The van der Waals surface area contributed by atoms with Crippen LogP contribution in [0.2, 0.25) is 0 Å². The van der Waals surface area contributed by atoms with Gasteiger partial charge in [-0.1, -0.05) is 0 Å². The Hall–Kier alpha value is -1.09. The van der Waals surface area contributed by atoms with Crippen molar-refractivity contribution in [3.05, 3.63) is 29.8 Å². The lowest BCUT2D eigenvalue weighted by Gasteiger charge is -2.09. The third kappa shape index (κ3) is 2.04. The first-order valence-electron chi connectivity index (χ1n) is 5.95. The summed E-state index contributed by atoms with van der Waals surface area (Å²) in [6.45, 7) is 2.81. The van der Waals surface area contributed by atoms with Gasteiger partial charge in [-0.05, 0) is 43.9 Å². The van der Waals surface area contributed by atoms with Crippen molar-refractivity contribution in [1.29, 1.82) is 0 Å². The van der Waals surface area contributed by atoms with Gasteiger partial charge in [-0.25, -0.2) is 9.37 Å². The van der Waals surface area contributed by atoms with Gasteiger partial charge in [0.15, 0.2) is 0 Å². The molecule has 1 heterocycles. The molecule has 2 aromatic rings. The van der Waals surface area contributed by atoms with Gasteiger partial charge >= 0.3 is 0 Å². The Morgan fingerprint density at radius 1 is 1.53 bits per heavy atom. The largest absolute Gasteiger partial charge is 0.326 e. The topological polar surface area (TPSA) is 17.8 Å². The molecule has 1 aliphatic carbocycles. The molecule has 4 heteroatoms. The lowest BCUT2D eigenvalue weighted by atomic mass is 10.3. The van der Waals surface area contributed by atoms with Gasteiger partial charge in [0.05, 0.1) is 16.4 Å². The molecule has 0 bridgehead atoms. The second-order valence-electron chi connectivity index (χ2n) is 4.77. The average molecular weight is 253 g/mol. The Morgan fingerprint density at radius 3 is 2.94 bits per heavy atom. The van der Waals surface area contributed by atoms with Crippen LogP contribution in [0.3, 0.4) is 0 Å². The molecule has 1 saturated carbocycles. The van der Waals surface area contributed by atoms with E-state index in [4.69, 9.17) is 11.6 Å². The zero-order chi connectivity index (χ0) is 12.0. The fraction of sp³-hybridized carbons (Fsp3) is 0.462. The van der Waals surface area contributed by atoms with E-state index in [1.165, 1.54) is 18.9 Å². The van der Waals surface area contributed by atoms with Crippen molar-refractivity contribution in [1.82, 2.24) is 9.55 Å². The molecule has 1 fully saturated rings. The molecule has 1 aromatic carbocycles. The molecule has 0 spiro atoms. The van der Waals surface area contributed by atoms with E-state index < -0.39 is 0 Å². The molecule has 1 aromatic heterocycles. The number of rotatable bonds is 3. The second-order valence-corrected chi connectivity index (χ2v) is 5.43. The number of alkyl halides is 1. The normalized spacial score (nSPS) is 17.6. The summed E-state index contributed by atoms with van der Waals surface area (Å²) in [4.78, 5) is 4.50. The Bertz CT molecular complexity index is 558. The zero-order valence-electron chi connectivity index (χ0n) is 9.66. The Morgan fingerprint density at radius 2 is 2.29 bits per heavy atom. The van der Waals surface area contributed by atoms with E-state index in [9.17, 15) is 4.39 Å². The van der Waals surface area contributed by atoms with Crippen LogP contribution in [0, 0.1) is 11.7 Å². The highest BCUT2D eigenvalue weighted by Crippen LogP contribution is 2.34. The molecule has 1 atom stereocenters. The molecule has 0 N–H and O–H groups in total. The molecule has 0 aliphatic heterocycles. The Balaban J connectivity index is 2.16. The summed E-state index contributed by atoms with van der Waals surface area (Å²) in [7, 11) is 0. The number of imidazole rings is 1. The Kier molecular flexibility index (Phi) is 2.58. The number of nitrogens with zero attached hydrogens (tertiary/aromatic N) is 2. The SMILES string of the molecule is CC(Cl)c1nc2ccc(F)cc2n1CC1CC1. The first kappa shape index (κ1) is 11.0. The highest BCUT2D eigenvalue weighted by atomic mass is 35.5. The number of benzene rings is 1. The first-order valence-corrected chi connectivity index (χ1v) is 6.38. The number of fused-ring (bicyclic) bond motifs is 1. The van der Waals surface area contributed by atoms with E-state index in [2.05, 4.69) is 9.55 Å². The van der Waals surface area contributed by atoms with Crippen LogP contribution in [0.15, 0.2) is 18.2 Å². The molecule has 1 unspecified atom stereocenters. The molecular formula is C13H14ClFN2. The number of hydrogen-bond donors (Lipinski definition) is 0. The van der Waals surface area contributed by atoms with E-state index in [1.807, 2.05) is 6.92 Å². The summed E-state index contributed by atoms with van der Waals surface area (Å²) in [6, 6.07) is 4.71. The van der Waals surface area contributed by atoms with Crippen LogP contribution in [0.25, 0.3) is 11.0 Å². The van der Waals surface area contributed by atoms with Gasteiger partial charge in [0.1, 0.15) is 11.6 Å². The van der Waals surface area contributed by atoms with E-state index in [0.717, 1.165) is 23.4 Å². The van der Waals surface area contributed by atoms with Crippen molar-refractivity contribution in [2.75, 3.05) is 0 Å². The number of aromatic nitrogens is 2. The van der Waals surface area contributed by atoms with Crippen molar-refractivity contribution >= 4 is 22.6 Å². The van der Waals surface area contributed by atoms with Crippen LogP contribution in [-0.4, -0.2) is 9.55 Å². The van der Waals surface area contributed by atoms with Crippen LogP contribution in [0.4, 0.5) is 4.39 Å². The smallest absolute Gasteiger partial charge is 0.127 e. The van der Waals surface area contributed by atoms with Crippen molar-refractivity contribution in [3.8, 4) is 0 Å². The maximum absolute atomic E-state index is 13.3. The summed E-state index contributed by atoms with van der Waals surface area (Å²) in [5, 5.41) is -0.149. The molecule has 0 amide bonds. The van der Waals surface area contributed by atoms with Gasteiger partial charge in [0.25, 0.3) is 0 Å². The predicted octanol–water partition coefficient (Wildman–Crippen LogP) is 3.89. The van der Waals surface area contributed by atoms with Crippen molar-refractivity contribution in [3.63, 3.8) is 0 Å². The number of hydrogen-bond acceptors (Lipinski definition) is 1. The van der Waals surface area contributed by atoms with E-state index in [0.29, 0.717) is 5.92 Å². The van der Waals surface area contributed by atoms with Crippen molar-refractivity contribution in [2.24, 2.45) is 5.92 Å². The third-order valence-corrected chi connectivity index (χ3v) is 3.43. The molecule has 0 radical (unpaired) electrons. The lowest BCUT2D eigenvalue weighted by molar-refractivity contribution is 0.604. The minimum Gasteiger partial charge on any atom is -0.326 e. The molecule has 90 valence electrons. The van der Waals surface area contributed by atoms with Crippen LogP contribution >= 0.6 is 11.6 Å². The quantitative estimate of drug-likeness (QED) is 0.758. The zero-order valence-corrected chi connectivity index (χ0v) is 10.4. The number of halogens is 2. The van der Waals surface area contributed by atoms with Crippen LogP contribution in [0.1, 0.15) is 31.0 Å². The van der Waals surface area contributed by atoms with E-state index in [1.54, 1.807) is 12.1 Å². The average Bonchev–Trinajstić information content (AvgIpc) is 3.01. The maximum atomic E-state index is 13.3. The van der Waals surface area contributed by atoms with Gasteiger partial charge in [-0.3, -0.25) is 0 Å². The summed E-state index contributed by atoms with van der Waals surface area (Å²) in [6.07, 6.45) is 2.51. The fourth-order valence-corrected chi connectivity index (χ4v) is 2.34. The molecular weight excluding hydrogens is 239 g/mol. The summed E-state index contributed by atoms with van der Waals surface area (Å²) >= 11 is 6.15. The minimum absolute atomic E-state index is 0.149. The molecule has 0 saturated heterocycles. The van der Waals surface area contributed by atoms with Gasteiger partial charge in [-0.2, -0.15) is 0 Å². The fourth-order valence-electron chi connectivity index (χ4n) is 2.17. The minimum atomic E-state index is -0.219. The van der Waals surface area contributed by atoms with Crippen molar-refractivity contribution in [2.45, 2.75) is 31.7 Å². The molecule has 3 rings (SSSR count). The molecule has 17 heavy (non-hydrogen) atoms. The van der Waals surface area contributed by atoms with Gasteiger partial charge in [-0.15, -0.1) is 11.6 Å². The second kappa shape index (κ2) is 3.98. The van der Waals surface area contributed by atoms with E-state index in [-0.39, 0.29) is 11.2 Å². The van der Waals surface area contributed by atoms with Gasteiger partial charge in [0, 0.05) is 6.54 Å². The summed E-state index contributed by atoms with van der Waals surface area (Å²) in [5.74, 6) is 1.34. The predicted molar refractivity (Wildman–Crippen MR) is 66.7 cm³/mol. The van der Waals surface area contributed by atoms with Crippen LogP contribution in [0.5, 0.6) is 0 Å². The van der Waals surface area contributed by atoms with Crippen LogP contribution < -0.4 is 0 Å². The standard InChI is InChI=1S/C13H14ClFN2/c1-8(14)13-16-11-5-4-10(15)6-12(11)17(13)7-9-2-3-9/h4-6,8-9H,2-3,7H2,1H3. The first-order chi connectivity index (χ1) is 8.15. The summed E-state index contributed by atoms with van der Waals surface area (Å²) < 4.78 is 15.4. The molecule has 2 nitrogen and oxygen atoms in total.